The van der Waals surface area contributed by atoms with Gasteiger partial charge in [0.1, 0.15) is 5.75 Å². The minimum absolute atomic E-state index is 0.158. The summed E-state index contributed by atoms with van der Waals surface area (Å²) < 4.78 is 5.23. The quantitative estimate of drug-likeness (QED) is 0.554. The number of allylic oxidation sites excluding steroid dienone is 1. The van der Waals surface area contributed by atoms with Gasteiger partial charge in [-0.05, 0) is 12.1 Å². The maximum atomic E-state index is 9.13. The predicted molar refractivity (Wildman–Crippen MR) is 49.8 cm³/mol. The van der Waals surface area contributed by atoms with Crippen LogP contribution in [0.25, 0.3) is 0 Å². The van der Waals surface area contributed by atoms with Crippen LogP contribution in [0.15, 0.2) is 30.5 Å². The molecule has 0 aliphatic heterocycles. The van der Waals surface area contributed by atoms with E-state index in [-0.39, 0.29) is 11.5 Å². The Morgan fingerprint density at radius 2 is 2.08 bits per heavy atom. The zero-order valence-electron chi connectivity index (χ0n) is 7.45. The predicted octanol–water partition coefficient (Wildman–Crippen LogP) is 2.40. The third-order valence-electron chi connectivity index (χ3n) is 1.60. The fourth-order valence-corrected chi connectivity index (χ4v) is 0.806. The summed E-state index contributed by atoms with van der Waals surface area (Å²) in [5.41, 5.74) is 0. The molecule has 0 amide bonds. The van der Waals surface area contributed by atoms with Crippen LogP contribution in [-0.2, 0) is 0 Å². The monoisotopic (exact) mass is 180 g/mol. The first kappa shape index (κ1) is 9.45. The molecule has 0 fully saturated rings. The van der Waals surface area contributed by atoms with E-state index in [2.05, 4.69) is 6.58 Å². The van der Waals surface area contributed by atoms with Crippen molar-refractivity contribution in [2.24, 2.45) is 0 Å². The van der Waals surface area contributed by atoms with Crippen LogP contribution < -0.4 is 4.74 Å². The molecule has 0 bridgehead atoms. The zero-order valence-corrected chi connectivity index (χ0v) is 7.45. The van der Waals surface area contributed by atoms with Crippen molar-refractivity contribution in [1.82, 2.24) is 0 Å². The Bertz CT molecular complexity index is 318. The van der Waals surface area contributed by atoms with Gasteiger partial charge in [-0.3, -0.25) is 0 Å². The minimum Gasteiger partial charge on any atom is -0.504 e. The summed E-state index contributed by atoms with van der Waals surface area (Å²) in [6.07, 6.45) is 0.710. The van der Waals surface area contributed by atoms with E-state index in [4.69, 9.17) is 14.9 Å². The third kappa shape index (κ3) is 2.40. The van der Waals surface area contributed by atoms with Gasteiger partial charge in [0.2, 0.25) is 0 Å². The summed E-state index contributed by atoms with van der Waals surface area (Å²) in [5, 5.41) is 18.1. The molecule has 0 atom stereocenters. The molecule has 0 heterocycles. The number of phenolic OH excluding ortho intramolecular Hbond substituents is 2. The van der Waals surface area contributed by atoms with Crippen LogP contribution in [0.3, 0.4) is 0 Å². The summed E-state index contributed by atoms with van der Waals surface area (Å²) in [4.78, 5) is 0. The number of benzene rings is 1. The van der Waals surface area contributed by atoms with Crippen LogP contribution >= 0.6 is 0 Å². The highest BCUT2D eigenvalue weighted by atomic mass is 16.5. The van der Waals surface area contributed by atoms with Gasteiger partial charge < -0.3 is 14.9 Å². The molecule has 1 aromatic carbocycles. The summed E-state index contributed by atoms with van der Waals surface area (Å²) in [7, 11) is 0. The summed E-state index contributed by atoms with van der Waals surface area (Å²) in [6.45, 7) is 5.57. The Balaban J connectivity index is 2.79. The van der Waals surface area contributed by atoms with Crippen molar-refractivity contribution in [3.8, 4) is 17.2 Å². The van der Waals surface area contributed by atoms with Crippen molar-refractivity contribution in [2.45, 2.75) is 13.3 Å². The van der Waals surface area contributed by atoms with Gasteiger partial charge in [-0.15, -0.1) is 0 Å². The third-order valence-corrected chi connectivity index (χ3v) is 1.60. The van der Waals surface area contributed by atoms with E-state index in [9.17, 15) is 0 Å². The minimum atomic E-state index is -0.193. The molecule has 0 aliphatic rings. The molecule has 13 heavy (non-hydrogen) atoms. The smallest absolute Gasteiger partial charge is 0.161 e. The number of hydrogen-bond acceptors (Lipinski definition) is 3. The van der Waals surface area contributed by atoms with Crippen molar-refractivity contribution in [1.29, 1.82) is 0 Å². The standard InChI is InChI=1S/C10H12O3/c1-3-7(2)13-8-4-5-9(11)10(12)6-8/h4-6,11-12H,2-3H2,1H3. The molecule has 0 aromatic heterocycles. The van der Waals surface area contributed by atoms with Crippen LogP contribution in [0.5, 0.6) is 17.2 Å². The Kier molecular flexibility index (Phi) is 2.80. The fraction of sp³-hybridized carbons (Fsp3) is 0.200. The molecule has 0 saturated heterocycles. The average molecular weight is 180 g/mol. The lowest BCUT2D eigenvalue weighted by Crippen LogP contribution is -1.90. The maximum absolute atomic E-state index is 9.13. The first-order chi connectivity index (χ1) is 6.13. The van der Waals surface area contributed by atoms with Crippen LogP contribution in [0.4, 0.5) is 0 Å². The van der Waals surface area contributed by atoms with E-state index in [0.29, 0.717) is 17.9 Å². The molecule has 0 unspecified atom stereocenters. The van der Waals surface area contributed by atoms with Gasteiger partial charge in [0.05, 0.1) is 5.76 Å². The van der Waals surface area contributed by atoms with Crippen molar-refractivity contribution >= 4 is 0 Å². The number of phenols is 2. The molecule has 3 heteroatoms. The molecular weight excluding hydrogens is 168 g/mol. The second-order valence-electron chi connectivity index (χ2n) is 2.64. The molecular formula is C10H12O3. The van der Waals surface area contributed by atoms with Gasteiger partial charge in [-0.1, -0.05) is 13.5 Å². The van der Waals surface area contributed by atoms with E-state index in [1.54, 1.807) is 6.07 Å². The Hall–Kier alpha value is -1.64. The number of rotatable bonds is 3. The number of ether oxygens (including phenoxy) is 1. The lowest BCUT2D eigenvalue weighted by molar-refractivity contribution is 0.386. The molecule has 3 nitrogen and oxygen atoms in total. The Morgan fingerprint density at radius 3 is 2.62 bits per heavy atom. The highest BCUT2D eigenvalue weighted by Crippen LogP contribution is 2.29. The van der Waals surface area contributed by atoms with Gasteiger partial charge in [0.15, 0.2) is 11.5 Å². The highest BCUT2D eigenvalue weighted by Gasteiger charge is 2.01. The van der Waals surface area contributed by atoms with E-state index in [1.807, 2.05) is 6.92 Å². The second kappa shape index (κ2) is 3.85. The first-order valence-corrected chi connectivity index (χ1v) is 4.01. The summed E-state index contributed by atoms with van der Waals surface area (Å²) in [5.74, 6) is 0.739. The molecule has 1 aromatic rings. The molecule has 0 spiro atoms. The van der Waals surface area contributed by atoms with E-state index in [1.165, 1.54) is 12.1 Å². The van der Waals surface area contributed by atoms with E-state index in [0.717, 1.165) is 0 Å². The topological polar surface area (TPSA) is 49.7 Å². The fourth-order valence-electron chi connectivity index (χ4n) is 0.806. The van der Waals surface area contributed by atoms with Gasteiger partial charge in [0, 0.05) is 12.5 Å². The van der Waals surface area contributed by atoms with Crippen molar-refractivity contribution in [3.63, 3.8) is 0 Å². The Labute approximate surface area is 76.9 Å². The molecule has 0 radical (unpaired) electrons. The summed E-state index contributed by atoms with van der Waals surface area (Å²) >= 11 is 0. The second-order valence-corrected chi connectivity index (χ2v) is 2.64. The molecule has 1 rings (SSSR count). The summed E-state index contributed by atoms with van der Waals surface area (Å²) in [6, 6.07) is 4.28. The van der Waals surface area contributed by atoms with Gasteiger partial charge in [0.25, 0.3) is 0 Å². The van der Waals surface area contributed by atoms with Gasteiger partial charge in [-0.2, -0.15) is 0 Å². The largest absolute Gasteiger partial charge is 0.504 e. The molecule has 70 valence electrons. The Morgan fingerprint density at radius 1 is 1.38 bits per heavy atom. The van der Waals surface area contributed by atoms with Crippen molar-refractivity contribution < 1.29 is 14.9 Å². The van der Waals surface area contributed by atoms with E-state index >= 15 is 0 Å². The van der Waals surface area contributed by atoms with E-state index < -0.39 is 0 Å². The SMILES string of the molecule is C=C(CC)Oc1ccc(O)c(O)c1. The van der Waals surface area contributed by atoms with Crippen molar-refractivity contribution in [2.75, 3.05) is 0 Å². The molecule has 0 aliphatic carbocycles. The highest BCUT2D eigenvalue weighted by molar-refractivity contribution is 5.43. The van der Waals surface area contributed by atoms with Crippen LogP contribution in [0.1, 0.15) is 13.3 Å². The number of hydrogen-bond donors (Lipinski definition) is 2. The normalized spacial score (nSPS) is 9.62. The average Bonchev–Trinajstić information content (AvgIpc) is 2.11. The van der Waals surface area contributed by atoms with Crippen molar-refractivity contribution in [3.05, 3.63) is 30.5 Å². The molecule has 2 N–H and O–H groups in total. The lowest BCUT2D eigenvalue weighted by atomic mass is 10.3. The van der Waals surface area contributed by atoms with Crippen LogP contribution in [0, 0.1) is 0 Å². The van der Waals surface area contributed by atoms with Crippen LogP contribution in [-0.4, -0.2) is 10.2 Å². The number of aromatic hydroxyl groups is 2. The van der Waals surface area contributed by atoms with Gasteiger partial charge >= 0.3 is 0 Å². The zero-order chi connectivity index (χ0) is 9.84. The molecule has 0 saturated carbocycles. The van der Waals surface area contributed by atoms with Gasteiger partial charge in [-0.25, -0.2) is 0 Å². The maximum Gasteiger partial charge on any atom is 0.161 e. The lowest BCUT2D eigenvalue weighted by Gasteiger charge is -2.06. The first-order valence-electron chi connectivity index (χ1n) is 4.01. The van der Waals surface area contributed by atoms with Crippen LogP contribution in [0.2, 0.25) is 0 Å².